The van der Waals surface area contributed by atoms with E-state index in [4.69, 9.17) is 11.6 Å². The van der Waals surface area contributed by atoms with Crippen molar-refractivity contribution in [3.63, 3.8) is 0 Å². The second-order valence-corrected chi connectivity index (χ2v) is 5.03. The summed E-state index contributed by atoms with van der Waals surface area (Å²) in [6.45, 7) is 4.68. The summed E-state index contributed by atoms with van der Waals surface area (Å²) in [6, 6.07) is 1.10. The van der Waals surface area contributed by atoms with Gasteiger partial charge >= 0.3 is 6.18 Å². The molecule has 3 nitrogen and oxygen atoms in total. The van der Waals surface area contributed by atoms with Gasteiger partial charge in [-0.05, 0) is 32.4 Å². The van der Waals surface area contributed by atoms with E-state index in [2.05, 4.69) is 10.1 Å². The fourth-order valence-electron chi connectivity index (χ4n) is 2.07. The normalized spacial score (nSPS) is 11.4. The van der Waals surface area contributed by atoms with Crippen LogP contribution < -0.4 is 0 Å². The Labute approximate surface area is 126 Å². The van der Waals surface area contributed by atoms with Gasteiger partial charge in [0, 0.05) is 12.6 Å². The third kappa shape index (κ3) is 3.05. The second-order valence-electron chi connectivity index (χ2n) is 4.67. The van der Waals surface area contributed by atoms with E-state index >= 15 is 0 Å². The Morgan fingerprint density at radius 2 is 1.71 bits per heavy atom. The summed E-state index contributed by atoms with van der Waals surface area (Å²) in [7, 11) is 1.67. The zero-order chi connectivity index (χ0) is 15.2. The molecule has 0 aliphatic rings. The molecule has 0 saturated carbocycles. The van der Waals surface area contributed by atoms with Crippen molar-refractivity contribution in [1.82, 2.24) is 14.8 Å². The minimum atomic E-state index is -4.41. The van der Waals surface area contributed by atoms with Crippen LogP contribution in [-0.4, -0.2) is 14.8 Å². The summed E-state index contributed by atoms with van der Waals surface area (Å²) < 4.78 is 40.0. The Morgan fingerprint density at radius 1 is 1.14 bits per heavy atom. The highest BCUT2D eigenvalue weighted by Crippen LogP contribution is 2.35. The lowest BCUT2D eigenvalue weighted by atomic mass is 10.1. The molecule has 0 aromatic carbocycles. The van der Waals surface area contributed by atoms with E-state index in [0.29, 0.717) is 27.7 Å². The second kappa shape index (κ2) is 5.67. The largest absolute Gasteiger partial charge is 0.418 e. The lowest BCUT2D eigenvalue weighted by Gasteiger charge is -2.13. The molecule has 7 heteroatoms. The van der Waals surface area contributed by atoms with Crippen molar-refractivity contribution in [1.29, 1.82) is 0 Å². The first-order chi connectivity index (χ1) is 9.12. The topological polar surface area (TPSA) is 30.7 Å². The molecule has 0 fully saturated rings. The average Bonchev–Trinajstić information content (AvgIpc) is 2.58. The summed E-state index contributed by atoms with van der Waals surface area (Å²) in [5.41, 5.74) is 1.25. The Kier molecular flexibility index (Phi) is 4.73. The Morgan fingerprint density at radius 3 is 2.14 bits per heavy atom. The van der Waals surface area contributed by atoms with Crippen molar-refractivity contribution >= 4 is 11.6 Å². The average molecular weight is 320 g/mol. The molecule has 0 aliphatic carbocycles. The van der Waals surface area contributed by atoms with E-state index in [0.717, 1.165) is 6.07 Å². The zero-order valence-electron chi connectivity index (χ0n) is 11.4. The molecule has 2 rings (SSSR count). The summed E-state index contributed by atoms with van der Waals surface area (Å²) in [4.78, 5) is 4.07. The van der Waals surface area contributed by atoms with Crippen molar-refractivity contribution < 1.29 is 13.2 Å². The molecule has 0 N–H and O–H groups in total. The monoisotopic (exact) mass is 319 g/mol. The molecule has 0 saturated heterocycles. The van der Waals surface area contributed by atoms with Gasteiger partial charge in [-0.3, -0.25) is 9.67 Å². The first-order valence-corrected chi connectivity index (χ1v) is 6.25. The first kappa shape index (κ1) is 17.5. The molecule has 0 bridgehead atoms. The molecule has 0 atom stereocenters. The van der Waals surface area contributed by atoms with E-state index in [1.807, 2.05) is 0 Å². The molecule has 0 spiro atoms. The zero-order valence-corrected chi connectivity index (χ0v) is 12.2. The number of rotatable bonds is 1. The molecule has 0 aliphatic heterocycles. The van der Waals surface area contributed by atoms with Crippen molar-refractivity contribution in [3.8, 4) is 11.4 Å². The van der Waals surface area contributed by atoms with Crippen LogP contribution in [0.3, 0.4) is 0 Å². The standard InChI is InChI=1S/C13H13ClF3N3.CH4/c1-6-5-9(13(15,16)17)8(3)18-10(6)11-7(2)12(14)20(4)19-11;/h5H,1-4H3;1H4. The minimum Gasteiger partial charge on any atom is -0.256 e. The predicted octanol–water partition coefficient (Wildman–Crippen LogP) is 4.72. The highest BCUT2D eigenvalue weighted by molar-refractivity contribution is 6.30. The van der Waals surface area contributed by atoms with Gasteiger partial charge in [0.25, 0.3) is 0 Å². The summed E-state index contributed by atoms with van der Waals surface area (Å²) in [6.07, 6.45) is -4.41. The Bertz CT molecular complexity index is 675. The van der Waals surface area contributed by atoms with Gasteiger partial charge < -0.3 is 0 Å². The minimum absolute atomic E-state index is 0. The van der Waals surface area contributed by atoms with Crippen LogP contribution in [-0.2, 0) is 13.2 Å². The molecular formula is C14H17ClF3N3. The number of hydrogen-bond acceptors (Lipinski definition) is 2. The predicted molar refractivity (Wildman–Crippen MR) is 77.4 cm³/mol. The number of halogens is 4. The number of aromatic nitrogens is 3. The van der Waals surface area contributed by atoms with E-state index in [1.165, 1.54) is 11.6 Å². The maximum absolute atomic E-state index is 12.8. The van der Waals surface area contributed by atoms with Crippen LogP contribution in [0.5, 0.6) is 0 Å². The first-order valence-electron chi connectivity index (χ1n) is 5.87. The molecule has 21 heavy (non-hydrogen) atoms. The van der Waals surface area contributed by atoms with Crippen molar-refractivity contribution in [2.24, 2.45) is 7.05 Å². The van der Waals surface area contributed by atoms with Gasteiger partial charge in [0.05, 0.1) is 17.0 Å². The van der Waals surface area contributed by atoms with Crippen LogP contribution in [0, 0.1) is 20.8 Å². The smallest absolute Gasteiger partial charge is 0.256 e. The summed E-state index contributed by atoms with van der Waals surface area (Å²) in [5, 5.41) is 4.66. The highest BCUT2D eigenvalue weighted by atomic mass is 35.5. The molecule has 2 aromatic heterocycles. The number of hydrogen-bond donors (Lipinski definition) is 0. The molecule has 116 valence electrons. The molecule has 0 amide bonds. The van der Waals surface area contributed by atoms with Crippen LogP contribution in [0.1, 0.15) is 29.8 Å². The van der Waals surface area contributed by atoms with E-state index in [-0.39, 0.29) is 13.1 Å². The van der Waals surface area contributed by atoms with Crippen LogP contribution in [0.2, 0.25) is 5.15 Å². The molecule has 2 heterocycles. The Hall–Kier alpha value is -1.56. The van der Waals surface area contributed by atoms with Crippen LogP contribution in [0.25, 0.3) is 11.4 Å². The molecule has 2 aromatic rings. The maximum Gasteiger partial charge on any atom is 0.418 e. The van der Waals surface area contributed by atoms with E-state index < -0.39 is 11.7 Å². The fraction of sp³-hybridized carbons (Fsp3) is 0.429. The number of pyridine rings is 1. The van der Waals surface area contributed by atoms with Crippen LogP contribution in [0.4, 0.5) is 13.2 Å². The Balaban J connectivity index is 0.00000220. The van der Waals surface area contributed by atoms with Gasteiger partial charge in [-0.15, -0.1) is 0 Å². The maximum atomic E-state index is 12.8. The van der Waals surface area contributed by atoms with Crippen molar-refractivity contribution in [3.05, 3.63) is 33.6 Å². The highest BCUT2D eigenvalue weighted by Gasteiger charge is 2.34. The fourth-order valence-corrected chi connectivity index (χ4v) is 2.19. The van der Waals surface area contributed by atoms with Gasteiger partial charge in [-0.25, -0.2) is 0 Å². The SMILES string of the molecule is C.Cc1cc(C(F)(F)F)c(C)nc1-c1nn(C)c(Cl)c1C. The van der Waals surface area contributed by atoms with Gasteiger partial charge in [-0.2, -0.15) is 18.3 Å². The quantitative estimate of drug-likeness (QED) is 0.761. The van der Waals surface area contributed by atoms with E-state index in [1.54, 1.807) is 20.9 Å². The lowest BCUT2D eigenvalue weighted by molar-refractivity contribution is -0.138. The van der Waals surface area contributed by atoms with Gasteiger partial charge in [0.15, 0.2) is 0 Å². The van der Waals surface area contributed by atoms with Crippen LogP contribution in [0.15, 0.2) is 6.07 Å². The van der Waals surface area contributed by atoms with Gasteiger partial charge in [0.2, 0.25) is 0 Å². The van der Waals surface area contributed by atoms with Gasteiger partial charge in [-0.1, -0.05) is 19.0 Å². The van der Waals surface area contributed by atoms with Crippen LogP contribution >= 0.6 is 11.6 Å². The summed E-state index contributed by atoms with van der Waals surface area (Å²) in [5.74, 6) is 0. The molecule has 0 radical (unpaired) electrons. The molecule has 0 unspecified atom stereocenters. The summed E-state index contributed by atoms with van der Waals surface area (Å²) >= 11 is 6.04. The van der Waals surface area contributed by atoms with Crippen molar-refractivity contribution in [2.75, 3.05) is 0 Å². The number of aryl methyl sites for hydroxylation is 3. The third-order valence-electron chi connectivity index (χ3n) is 3.13. The number of alkyl halides is 3. The lowest BCUT2D eigenvalue weighted by Crippen LogP contribution is -2.10. The third-order valence-corrected chi connectivity index (χ3v) is 3.66. The van der Waals surface area contributed by atoms with Gasteiger partial charge in [0.1, 0.15) is 10.8 Å². The van der Waals surface area contributed by atoms with Crippen molar-refractivity contribution in [2.45, 2.75) is 34.4 Å². The number of nitrogens with zero attached hydrogens (tertiary/aromatic N) is 3. The molecular weight excluding hydrogens is 303 g/mol. The van der Waals surface area contributed by atoms with E-state index in [9.17, 15) is 13.2 Å².